The number of nitrogens with two attached hydrogens (primary N) is 1. The number of rotatable bonds is 5. The summed E-state index contributed by atoms with van der Waals surface area (Å²) in [5.74, 6) is -0.219. The van der Waals surface area contributed by atoms with Crippen molar-refractivity contribution < 1.29 is 14.4 Å². The molecule has 1 aromatic carbocycles. The van der Waals surface area contributed by atoms with Gasteiger partial charge in [0.15, 0.2) is 0 Å². The number of carbonyl (C=O) groups excluding carboxylic acids is 3. The normalized spacial score (nSPS) is 18.9. The average Bonchev–Trinajstić information content (AvgIpc) is 3.18. The summed E-state index contributed by atoms with van der Waals surface area (Å²) in [6.07, 6.45) is 7.63. The lowest BCUT2D eigenvalue weighted by molar-refractivity contribution is -0.123. The maximum Gasteiger partial charge on any atom is 0.293 e. The zero-order chi connectivity index (χ0) is 22.1. The Hall–Kier alpha value is -2.80. The van der Waals surface area contributed by atoms with Gasteiger partial charge >= 0.3 is 0 Å². The molecule has 1 saturated carbocycles. The number of imide groups is 1. The maximum atomic E-state index is 12.9. The summed E-state index contributed by atoms with van der Waals surface area (Å²) in [7, 11) is 0. The first kappa shape index (κ1) is 21.4. The van der Waals surface area contributed by atoms with Crippen LogP contribution in [0.15, 0.2) is 35.2 Å². The molecule has 1 saturated heterocycles. The highest BCUT2D eigenvalue weighted by molar-refractivity contribution is 8.18. The van der Waals surface area contributed by atoms with E-state index in [1.54, 1.807) is 12.1 Å². The van der Waals surface area contributed by atoms with Crippen LogP contribution in [0.5, 0.6) is 0 Å². The van der Waals surface area contributed by atoms with Crippen LogP contribution in [-0.2, 0) is 4.79 Å². The molecule has 0 bridgehead atoms. The third-order valence-electron chi connectivity index (χ3n) is 6.21. The number of primary amides is 1. The molecule has 2 fully saturated rings. The Balaban J connectivity index is 1.57. The Morgan fingerprint density at radius 1 is 1.13 bits per heavy atom. The molecule has 2 aliphatic rings. The van der Waals surface area contributed by atoms with E-state index in [0.717, 1.165) is 47.2 Å². The Labute approximate surface area is 186 Å². The molecule has 1 aliphatic heterocycles. The first-order chi connectivity index (χ1) is 14.8. The van der Waals surface area contributed by atoms with Gasteiger partial charge in [0.2, 0.25) is 5.91 Å². The van der Waals surface area contributed by atoms with Gasteiger partial charge in [-0.05, 0) is 86.3 Å². The first-order valence-corrected chi connectivity index (χ1v) is 11.5. The second-order valence-corrected chi connectivity index (χ2v) is 9.36. The molecule has 2 heterocycles. The molecule has 3 amide bonds. The number of hydrogen-bond acceptors (Lipinski definition) is 4. The van der Waals surface area contributed by atoms with E-state index >= 15 is 0 Å². The van der Waals surface area contributed by atoms with Gasteiger partial charge in [0.25, 0.3) is 11.1 Å². The van der Waals surface area contributed by atoms with Crippen molar-refractivity contribution in [2.45, 2.75) is 46.0 Å². The van der Waals surface area contributed by atoms with Crippen LogP contribution < -0.4 is 5.73 Å². The lowest BCUT2D eigenvalue weighted by atomic mass is 9.89. The quantitative estimate of drug-likeness (QED) is 0.680. The monoisotopic (exact) mass is 437 g/mol. The third kappa shape index (κ3) is 4.32. The molecule has 1 aliphatic carbocycles. The van der Waals surface area contributed by atoms with E-state index in [2.05, 4.69) is 4.57 Å². The second-order valence-electron chi connectivity index (χ2n) is 8.37. The zero-order valence-corrected chi connectivity index (χ0v) is 18.7. The smallest absolute Gasteiger partial charge is 0.293 e. The number of hydrogen-bond donors (Lipinski definition) is 1. The molecular formula is C24H27N3O3S. The van der Waals surface area contributed by atoms with Crippen molar-refractivity contribution in [3.63, 3.8) is 0 Å². The lowest BCUT2D eigenvalue weighted by Crippen LogP contribution is -2.34. The number of benzene rings is 1. The largest absolute Gasteiger partial charge is 0.366 e. The molecule has 0 atom stereocenters. The van der Waals surface area contributed by atoms with Crippen LogP contribution in [0.2, 0.25) is 0 Å². The minimum atomic E-state index is -0.461. The van der Waals surface area contributed by atoms with Crippen molar-refractivity contribution in [3.8, 4) is 5.69 Å². The van der Waals surface area contributed by atoms with Gasteiger partial charge in [-0.3, -0.25) is 19.3 Å². The highest BCUT2D eigenvalue weighted by Crippen LogP contribution is 2.35. The maximum absolute atomic E-state index is 12.9. The number of thioether (sulfide) groups is 1. The first-order valence-electron chi connectivity index (χ1n) is 10.7. The van der Waals surface area contributed by atoms with E-state index < -0.39 is 5.91 Å². The Morgan fingerprint density at radius 2 is 1.81 bits per heavy atom. The van der Waals surface area contributed by atoms with Crippen LogP contribution in [0.25, 0.3) is 11.8 Å². The minimum absolute atomic E-state index is 0.169. The molecule has 0 unspecified atom stereocenters. The molecule has 7 heteroatoms. The molecule has 2 N–H and O–H groups in total. The fraction of sp³-hybridized carbons (Fsp3) is 0.375. The Kier molecular flexibility index (Phi) is 6.05. The summed E-state index contributed by atoms with van der Waals surface area (Å²) < 4.78 is 2.06. The molecule has 0 spiro atoms. The fourth-order valence-electron chi connectivity index (χ4n) is 4.53. The molecule has 31 heavy (non-hydrogen) atoms. The number of carbonyl (C=O) groups is 3. The van der Waals surface area contributed by atoms with E-state index in [1.165, 1.54) is 24.2 Å². The molecule has 6 nitrogen and oxygen atoms in total. The van der Waals surface area contributed by atoms with Gasteiger partial charge in [-0.25, -0.2) is 0 Å². The van der Waals surface area contributed by atoms with Crippen LogP contribution in [0.4, 0.5) is 4.79 Å². The lowest BCUT2D eigenvalue weighted by Gasteiger charge is -2.25. The van der Waals surface area contributed by atoms with Crippen LogP contribution >= 0.6 is 11.8 Å². The SMILES string of the molecule is Cc1cc(/C=C2/SC(=O)N(CC3CCCCC3)C2=O)c(C)n1-c1ccc(C(N)=O)cc1. The van der Waals surface area contributed by atoms with Crippen LogP contribution in [0.1, 0.15) is 59.4 Å². The van der Waals surface area contributed by atoms with E-state index in [0.29, 0.717) is 22.9 Å². The number of aryl methyl sites for hydroxylation is 1. The van der Waals surface area contributed by atoms with Gasteiger partial charge in [-0.1, -0.05) is 19.3 Å². The van der Waals surface area contributed by atoms with Gasteiger partial charge in [-0.15, -0.1) is 0 Å². The number of amides is 3. The van der Waals surface area contributed by atoms with E-state index in [9.17, 15) is 14.4 Å². The standard InChI is InChI=1S/C24H27N3O3S/c1-15-12-19(16(2)27(15)20-10-8-18(9-11-20)22(25)28)13-21-23(29)26(24(30)31-21)14-17-6-4-3-5-7-17/h8-13,17H,3-7,14H2,1-2H3,(H2,25,28)/b21-13+. The average molecular weight is 438 g/mol. The van der Waals surface area contributed by atoms with Crippen molar-refractivity contribution in [1.29, 1.82) is 0 Å². The van der Waals surface area contributed by atoms with Crippen LogP contribution in [-0.4, -0.2) is 33.1 Å². The molecule has 2 aromatic rings. The summed E-state index contributed by atoms with van der Waals surface area (Å²) in [6, 6.07) is 9.11. The molecule has 4 rings (SSSR count). The van der Waals surface area contributed by atoms with E-state index in [1.807, 2.05) is 38.1 Å². The van der Waals surface area contributed by atoms with Gasteiger partial charge in [0.05, 0.1) is 4.91 Å². The van der Waals surface area contributed by atoms with Gasteiger partial charge in [-0.2, -0.15) is 0 Å². The summed E-state index contributed by atoms with van der Waals surface area (Å²) in [5.41, 5.74) is 9.56. The summed E-state index contributed by atoms with van der Waals surface area (Å²) >= 11 is 1.03. The third-order valence-corrected chi connectivity index (χ3v) is 7.11. The fourth-order valence-corrected chi connectivity index (χ4v) is 5.37. The number of nitrogens with zero attached hydrogens (tertiary/aromatic N) is 2. The van der Waals surface area contributed by atoms with Crippen molar-refractivity contribution in [2.75, 3.05) is 6.54 Å². The predicted molar refractivity (Wildman–Crippen MR) is 123 cm³/mol. The van der Waals surface area contributed by atoms with Crippen molar-refractivity contribution in [2.24, 2.45) is 11.7 Å². The van der Waals surface area contributed by atoms with Crippen molar-refractivity contribution in [3.05, 3.63) is 57.8 Å². The van der Waals surface area contributed by atoms with Crippen LogP contribution in [0, 0.1) is 19.8 Å². The molecular weight excluding hydrogens is 410 g/mol. The van der Waals surface area contributed by atoms with E-state index in [-0.39, 0.29) is 11.1 Å². The summed E-state index contributed by atoms with van der Waals surface area (Å²) in [5, 5.41) is -0.169. The highest BCUT2D eigenvalue weighted by Gasteiger charge is 2.36. The van der Waals surface area contributed by atoms with Gasteiger partial charge in [0.1, 0.15) is 0 Å². The van der Waals surface area contributed by atoms with Crippen molar-refractivity contribution in [1.82, 2.24) is 9.47 Å². The van der Waals surface area contributed by atoms with E-state index in [4.69, 9.17) is 5.73 Å². The minimum Gasteiger partial charge on any atom is -0.366 e. The zero-order valence-electron chi connectivity index (χ0n) is 17.9. The Morgan fingerprint density at radius 3 is 2.45 bits per heavy atom. The molecule has 1 aromatic heterocycles. The predicted octanol–water partition coefficient (Wildman–Crippen LogP) is 4.81. The van der Waals surface area contributed by atoms with Crippen LogP contribution in [0.3, 0.4) is 0 Å². The highest BCUT2D eigenvalue weighted by atomic mass is 32.2. The second kappa shape index (κ2) is 8.75. The topological polar surface area (TPSA) is 85.4 Å². The summed E-state index contributed by atoms with van der Waals surface area (Å²) in [6.45, 7) is 4.50. The van der Waals surface area contributed by atoms with Gasteiger partial charge < -0.3 is 10.3 Å². The summed E-state index contributed by atoms with van der Waals surface area (Å²) in [4.78, 5) is 38.7. The Bertz CT molecular complexity index is 1060. The molecule has 162 valence electrons. The molecule has 0 radical (unpaired) electrons. The van der Waals surface area contributed by atoms with Gasteiger partial charge in [0, 0.05) is 29.2 Å². The van der Waals surface area contributed by atoms with Crippen molar-refractivity contribution >= 4 is 34.9 Å². The number of aromatic nitrogens is 1.